The molecule has 0 aliphatic rings. The van der Waals surface area contributed by atoms with Crippen LogP contribution in [-0.2, 0) is 0 Å². The van der Waals surface area contributed by atoms with Gasteiger partial charge in [0.15, 0.2) is 0 Å². The fraction of sp³-hybridized carbons (Fsp3) is 0.571. The van der Waals surface area contributed by atoms with Crippen LogP contribution in [0, 0.1) is 0 Å². The zero-order valence-electron chi connectivity index (χ0n) is 11.6. The second kappa shape index (κ2) is 8.43. The van der Waals surface area contributed by atoms with Crippen LogP contribution in [0.1, 0.15) is 34.1 Å². The Morgan fingerprint density at radius 2 is 1.71 bits per heavy atom. The van der Waals surface area contributed by atoms with Crippen LogP contribution in [0.3, 0.4) is 0 Å². The standard InChI is InChI=1S/C12H19NOS.C2H6/c1-12(2,8-9-13)15-11-6-4-10(14-3)5-7-11;1-2/h4-7H,8-9,13H2,1-3H3;1-2H3. The highest BCUT2D eigenvalue weighted by atomic mass is 32.2. The Labute approximate surface area is 110 Å². The van der Waals surface area contributed by atoms with E-state index in [9.17, 15) is 0 Å². The first-order valence-electron chi connectivity index (χ1n) is 6.10. The van der Waals surface area contributed by atoms with E-state index in [0.29, 0.717) is 0 Å². The van der Waals surface area contributed by atoms with Crippen LogP contribution in [0.4, 0.5) is 0 Å². The van der Waals surface area contributed by atoms with Crippen molar-refractivity contribution in [3.8, 4) is 5.75 Å². The molecule has 0 aliphatic carbocycles. The first kappa shape index (κ1) is 16.3. The zero-order valence-corrected chi connectivity index (χ0v) is 12.4. The van der Waals surface area contributed by atoms with Gasteiger partial charge in [-0.2, -0.15) is 0 Å². The van der Waals surface area contributed by atoms with Gasteiger partial charge in [0.25, 0.3) is 0 Å². The van der Waals surface area contributed by atoms with E-state index in [1.165, 1.54) is 4.90 Å². The van der Waals surface area contributed by atoms with E-state index in [1.54, 1.807) is 7.11 Å². The minimum atomic E-state index is 0.198. The van der Waals surface area contributed by atoms with Crippen LogP contribution in [0.2, 0.25) is 0 Å². The van der Waals surface area contributed by atoms with Gasteiger partial charge in [-0.25, -0.2) is 0 Å². The molecule has 0 unspecified atom stereocenters. The average molecular weight is 255 g/mol. The Morgan fingerprint density at radius 3 is 2.12 bits per heavy atom. The molecule has 0 spiro atoms. The number of thioether (sulfide) groups is 1. The van der Waals surface area contributed by atoms with Crippen molar-refractivity contribution in [1.82, 2.24) is 0 Å². The highest BCUT2D eigenvalue weighted by molar-refractivity contribution is 8.00. The molecule has 1 aromatic rings. The molecule has 17 heavy (non-hydrogen) atoms. The molecule has 0 amide bonds. The van der Waals surface area contributed by atoms with Crippen molar-refractivity contribution in [1.29, 1.82) is 0 Å². The SMILES string of the molecule is CC.COc1ccc(SC(C)(C)CCN)cc1. The highest BCUT2D eigenvalue weighted by Crippen LogP contribution is 2.35. The van der Waals surface area contributed by atoms with Gasteiger partial charge in [-0.15, -0.1) is 11.8 Å². The van der Waals surface area contributed by atoms with E-state index >= 15 is 0 Å². The maximum atomic E-state index is 5.58. The molecule has 0 fully saturated rings. The third kappa shape index (κ3) is 6.59. The molecule has 3 heteroatoms. The molecule has 0 bridgehead atoms. The summed E-state index contributed by atoms with van der Waals surface area (Å²) in [5, 5.41) is 0. The van der Waals surface area contributed by atoms with E-state index in [4.69, 9.17) is 10.5 Å². The monoisotopic (exact) mass is 255 g/mol. The highest BCUT2D eigenvalue weighted by Gasteiger charge is 2.17. The number of nitrogens with two attached hydrogens (primary N) is 1. The van der Waals surface area contributed by atoms with E-state index in [-0.39, 0.29) is 4.75 Å². The normalized spacial score (nSPS) is 10.5. The summed E-state index contributed by atoms with van der Waals surface area (Å²) in [6.07, 6.45) is 1.02. The maximum absolute atomic E-state index is 5.58. The minimum Gasteiger partial charge on any atom is -0.497 e. The first-order chi connectivity index (χ1) is 8.07. The van der Waals surface area contributed by atoms with Gasteiger partial charge in [-0.3, -0.25) is 0 Å². The minimum absolute atomic E-state index is 0.198. The summed E-state index contributed by atoms with van der Waals surface area (Å²) in [5.41, 5.74) is 5.58. The molecule has 0 heterocycles. The fourth-order valence-electron chi connectivity index (χ4n) is 1.36. The van der Waals surface area contributed by atoms with Gasteiger partial charge in [0.2, 0.25) is 0 Å². The number of ether oxygens (including phenoxy) is 1. The van der Waals surface area contributed by atoms with Crippen LogP contribution < -0.4 is 10.5 Å². The number of rotatable bonds is 5. The maximum Gasteiger partial charge on any atom is 0.118 e. The van der Waals surface area contributed by atoms with Crippen LogP contribution in [-0.4, -0.2) is 18.4 Å². The molecule has 98 valence electrons. The second-order valence-electron chi connectivity index (χ2n) is 4.08. The lowest BCUT2D eigenvalue weighted by Gasteiger charge is -2.23. The summed E-state index contributed by atoms with van der Waals surface area (Å²) < 4.78 is 5.32. The van der Waals surface area contributed by atoms with Crippen LogP contribution in [0.15, 0.2) is 29.2 Å². The number of methoxy groups -OCH3 is 1. The average Bonchev–Trinajstić information content (AvgIpc) is 2.32. The molecule has 0 aromatic heterocycles. The van der Waals surface area contributed by atoms with E-state index in [2.05, 4.69) is 26.0 Å². The van der Waals surface area contributed by atoms with Gasteiger partial charge >= 0.3 is 0 Å². The van der Waals surface area contributed by atoms with E-state index in [1.807, 2.05) is 37.7 Å². The van der Waals surface area contributed by atoms with Crippen molar-refractivity contribution in [2.45, 2.75) is 43.8 Å². The van der Waals surface area contributed by atoms with Crippen LogP contribution in [0.25, 0.3) is 0 Å². The summed E-state index contributed by atoms with van der Waals surface area (Å²) >= 11 is 1.85. The Hall–Kier alpha value is -0.670. The van der Waals surface area contributed by atoms with Gasteiger partial charge in [-0.05, 0) is 37.2 Å². The third-order valence-corrected chi connectivity index (χ3v) is 3.46. The summed E-state index contributed by atoms with van der Waals surface area (Å²) in [7, 11) is 1.68. The lowest BCUT2D eigenvalue weighted by Crippen LogP contribution is -2.19. The van der Waals surface area contributed by atoms with Gasteiger partial charge in [-0.1, -0.05) is 27.7 Å². The molecule has 0 radical (unpaired) electrons. The second-order valence-corrected chi connectivity index (χ2v) is 5.86. The number of hydrogen-bond acceptors (Lipinski definition) is 3. The molecule has 2 N–H and O–H groups in total. The molecule has 1 rings (SSSR count). The smallest absolute Gasteiger partial charge is 0.118 e. The molecule has 0 saturated carbocycles. The van der Waals surface area contributed by atoms with Crippen molar-refractivity contribution in [2.24, 2.45) is 5.73 Å². The molecular formula is C14H25NOS. The molecule has 2 nitrogen and oxygen atoms in total. The van der Waals surface area contributed by atoms with Crippen molar-refractivity contribution >= 4 is 11.8 Å². The number of benzene rings is 1. The predicted octanol–water partition coefficient (Wildman–Crippen LogP) is 3.94. The van der Waals surface area contributed by atoms with Crippen molar-refractivity contribution in [3.63, 3.8) is 0 Å². The Kier molecular flexibility index (Phi) is 8.09. The van der Waals surface area contributed by atoms with Gasteiger partial charge in [0.05, 0.1) is 7.11 Å². The summed E-state index contributed by atoms with van der Waals surface area (Å²) in [5.74, 6) is 0.899. The lowest BCUT2D eigenvalue weighted by molar-refractivity contribution is 0.414. The van der Waals surface area contributed by atoms with Crippen molar-refractivity contribution in [3.05, 3.63) is 24.3 Å². The molecule has 0 atom stereocenters. The van der Waals surface area contributed by atoms with E-state index in [0.717, 1.165) is 18.7 Å². The number of hydrogen-bond donors (Lipinski definition) is 1. The largest absolute Gasteiger partial charge is 0.497 e. The quantitative estimate of drug-likeness (QED) is 0.809. The van der Waals surface area contributed by atoms with Crippen LogP contribution >= 0.6 is 11.8 Å². The predicted molar refractivity (Wildman–Crippen MR) is 77.9 cm³/mol. The van der Waals surface area contributed by atoms with Gasteiger partial charge in [0.1, 0.15) is 5.75 Å². The van der Waals surface area contributed by atoms with Crippen LogP contribution in [0.5, 0.6) is 5.75 Å². The van der Waals surface area contributed by atoms with Crippen molar-refractivity contribution < 1.29 is 4.74 Å². The Morgan fingerprint density at radius 1 is 1.18 bits per heavy atom. The summed E-state index contributed by atoms with van der Waals surface area (Å²) in [6, 6.07) is 8.14. The first-order valence-corrected chi connectivity index (χ1v) is 6.92. The van der Waals surface area contributed by atoms with Gasteiger partial charge in [0, 0.05) is 9.64 Å². The fourth-order valence-corrected chi connectivity index (χ4v) is 2.49. The zero-order chi connectivity index (χ0) is 13.3. The van der Waals surface area contributed by atoms with Crippen molar-refractivity contribution in [2.75, 3.05) is 13.7 Å². The lowest BCUT2D eigenvalue weighted by atomic mass is 10.1. The molecule has 0 saturated heterocycles. The van der Waals surface area contributed by atoms with Gasteiger partial charge < -0.3 is 10.5 Å². The summed E-state index contributed by atoms with van der Waals surface area (Å²) in [4.78, 5) is 1.26. The summed E-state index contributed by atoms with van der Waals surface area (Å²) in [6.45, 7) is 9.17. The molecule has 0 aliphatic heterocycles. The Bertz CT molecular complexity index is 296. The molecule has 1 aromatic carbocycles. The third-order valence-electron chi connectivity index (χ3n) is 2.20. The van der Waals surface area contributed by atoms with E-state index < -0.39 is 0 Å². The Balaban J connectivity index is 0.00000121. The topological polar surface area (TPSA) is 35.2 Å². The molecular weight excluding hydrogens is 230 g/mol.